The summed E-state index contributed by atoms with van der Waals surface area (Å²) in [5.41, 5.74) is 1.75. The van der Waals surface area contributed by atoms with E-state index in [0.717, 1.165) is 5.56 Å². The Labute approximate surface area is 128 Å². The SMILES string of the molecule is CNc1ccc(Cl)c(C(=O)Nc2cc(C)ccc2OC)n1. The Balaban J connectivity index is 2.32. The number of methoxy groups -OCH3 is 1. The van der Waals surface area contributed by atoms with E-state index in [1.807, 2.05) is 19.1 Å². The van der Waals surface area contributed by atoms with Crippen molar-refractivity contribution in [3.05, 3.63) is 46.6 Å². The first-order valence-electron chi connectivity index (χ1n) is 6.35. The third kappa shape index (κ3) is 3.44. The van der Waals surface area contributed by atoms with Crippen molar-refractivity contribution in [2.75, 3.05) is 24.8 Å². The fraction of sp³-hybridized carbons (Fsp3) is 0.200. The minimum absolute atomic E-state index is 0.159. The molecular formula is C15H16ClN3O2. The lowest BCUT2D eigenvalue weighted by Gasteiger charge is -2.12. The highest BCUT2D eigenvalue weighted by molar-refractivity contribution is 6.34. The molecule has 0 saturated heterocycles. The first-order valence-corrected chi connectivity index (χ1v) is 6.73. The molecule has 2 N–H and O–H groups in total. The van der Waals surface area contributed by atoms with E-state index < -0.39 is 0 Å². The minimum atomic E-state index is -0.388. The van der Waals surface area contributed by atoms with Crippen molar-refractivity contribution < 1.29 is 9.53 Å². The van der Waals surface area contributed by atoms with Crippen LogP contribution in [-0.4, -0.2) is 25.0 Å². The van der Waals surface area contributed by atoms with E-state index in [2.05, 4.69) is 15.6 Å². The molecule has 6 heteroatoms. The molecule has 5 nitrogen and oxygen atoms in total. The number of pyridine rings is 1. The lowest BCUT2D eigenvalue weighted by atomic mass is 10.2. The number of hydrogen-bond donors (Lipinski definition) is 2. The number of ether oxygens (including phenoxy) is 1. The second-order valence-electron chi connectivity index (χ2n) is 4.43. The van der Waals surface area contributed by atoms with Gasteiger partial charge in [-0.3, -0.25) is 4.79 Å². The zero-order valence-corrected chi connectivity index (χ0v) is 12.8. The van der Waals surface area contributed by atoms with E-state index in [4.69, 9.17) is 16.3 Å². The quantitative estimate of drug-likeness (QED) is 0.909. The second-order valence-corrected chi connectivity index (χ2v) is 4.84. The third-order valence-corrected chi connectivity index (χ3v) is 3.23. The maximum Gasteiger partial charge on any atom is 0.276 e. The van der Waals surface area contributed by atoms with Crippen molar-refractivity contribution in [3.8, 4) is 5.75 Å². The zero-order valence-electron chi connectivity index (χ0n) is 12.0. The zero-order chi connectivity index (χ0) is 15.4. The van der Waals surface area contributed by atoms with E-state index in [0.29, 0.717) is 17.3 Å². The standard InChI is InChI=1S/C15H16ClN3O2/c1-9-4-6-12(21-3)11(8-9)18-15(20)14-10(16)5-7-13(17-2)19-14/h4-8H,1-3H3,(H,17,19)(H,18,20). The van der Waals surface area contributed by atoms with Crippen LogP contribution < -0.4 is 15.4 Å². The summed E-state index contributed by atoms with van der Waals surface area (Å²) in [6.45, 7) is 1.93. The molecule has 0 bridgehead atoms. The lowest BCUT2D eigenvalue weighted by Crippen LogP contribution is -2.15. The van der Waals surface area contributed by atoms with Crippen LogP contribution in [0.25, 0.3) is 0 Å². The van der Waals surface area contributed by atoms with E-state index in [-0.39, 0.29) is 16.6 Å². The molecule has 0 aliphatic carbocycles. The summed E-state index contributed by atoms with van der Waals surface area (Å²) >= 11 is 6.04. The van der Waals surface area contributed by atoms with Crippen LogP contribution in [0.15, 0.2) is 30.3 Å². The number of halogens is 1. The third-order valence-electron chi connectivity index (χ3n) is 2.92. The number of hydrogen-bond acceptors (Lipinski definition) is 4. The van der Waals surface area contributed by atoms with Crippen molar-refractivity contribution in [2.45, 2.75) is 6.92 Å². The van der Waals surface area contributed by atoms with Gasteiger partial charge < -0.3 is 15.4 Å². The predicted octanol–water partition coefficient (Wildman–Crippen LogP) is 3.35. The number of amides is 1. The van der Waals surface area contributed by atoms with Gasteiger partial charge in [0.15, 0.2) is 0 Å². The van der Waals surface area contributed by atoms with E-state index >= 15 is 0 Å². The summed E-state index contributed by atoms with van der Waals surface area (Å²) in [5.74, 6) is 0.761. The van der Waals surface area contributed by atoms with E-state index in [1.54, 1.807) is 32.4 Å². The summed E-state index contributed by atoms with van der Waals surface area (Å²) < 4.78 is 5.23. The molecule has 0 aliphatic rings. The van der Waals surface area contributed by atoms with E-state index in [9.17, 15) is 4.79 Å². The molecule has 0 fully saturated rings. The Bertz CT molecular complexity index is 674. The van der Waals surface area contributed by atoms with Gasteiger partial charge in [0.1, 0.15) is 17.3 Å². The van der Waals surface area contributed by atoms with Crippen molar-refractivity contribution in [1.82, 2.24) is 4.98 Å². The monoisotopic (exact) mass is 305 g/mol. The van der Waals surface area contributed by atoms with Crippen LogP contribution in [0.3, 0.4) is 0 Å². The van der Waals surface area contributed by atoms with Gasteiger partial charge in [0.2, 0.25) is 0 Å². The maximum atomic E-state index is 12.3. The number of nitrogens with one attached hydrogen (secondary N) is 2. The molecule has 2 rings (SSSR count). The first kappa shape index (κ1) is 15.1. The van der Waals surface area contributed by atoms with Gasteiger partial charge in [-0.25, -0.2) is 4.98 Å². The normalized spacial score (nSPS) is 10.1. The summed E-state index contributed by atoms with van der Waals surface area (Å²) in [6, 6.07) is 8.85. The molecule has 0 atom stereocenters. The van der Waals surface area contributed by atoms with Gasteiger partial charge in [-0.05, 0) is 36.8 Å². The largest absolute Gasteiger partial charge is 0.495 e. The Kier molecular flexibility index (Phi) is 4.65. The Morgan fingerprint density at radius 3 is 2.71 bits per heavy atom. The van der Waals surface area contributed by atoms with Crippen LogP contribution >= 0.6 is 11.6 Å². The van der Waals surface area contributed by atoms with Crippen LogP contribution in [-0.2, 0) is 0 Å². The van der Waals surface area contributed by atoms with Gasteiger partial charge in [-0.15, -0.1) is 0 Å². The first-order chi connectivity index (χ1) is 10.0. The molecule has 110 valence electrons. The molecule has 0 saturated carbocycles. The number of carbonyl (C=O) groups is 1. The van der Waals surface area contributed by atoms with Gasteiger partial charge in [0.05, 0.1) is 17.8 Å². The smallest absolute Gasteiger partial charge is 0.276 e. The maximum absolute atomic E-state index is 12.3. The van der Waals surface area contributed by atoms with Crippen molar-refractivity contribution >= 4 is 29.0 Å². The minimum Gasteiger partial charge on any atom is -0.495 e. The molecule has 2 aromatic rings. The molecule has 1 amide bonds. The molecule has 0 aliphatic heterocycles. The Hall–Kier alpha value is -2.27. The number of carbonyl (C=O) groups excluding carboxylic acids is 1. The molecule has 0 spiro atoms. The second kappa shape index (κ2) is 6.45. The van der Waals surface area contributed by atoms with Gasteiger partial charge in [0, 0.05) is 7.05 Å². The number of rotatable bonds is 4. The van der Waals surface area contributed by atoms with Crippen LogP contribution in [0.1, 0.15) is 16.1 Å². The summed E-state index contributed by atoms with van der Waals surface area (Å²) in [4.78, 5) is 16.5. The van der Waals surface area contributed by atoms with Crippen molar-refractivity contribution in [3.63, 3.8) is 0 Å². The fourth-order valence-electron chi connectivity index (χ4n) is 1.84. The average Bonchev–Trinajstić information content (AvgIpc) is 2.48. The van der Waals surface area contributed by atoms with Gasteiger partial charge in [0.25, 0.3) is 5.91 Å². The van der Waals surface area contributed by atoms with Crippen molar-refractivity contribution in [2.24, 2.45) is 0 Å². The highest BCUT2D eigenvalue weighted by atomic mass is 35.5. The molecule has 0 unspecified atom stereocenters. The number of nitrogens with zero attached hydrogens (tertiary/aromatic N) is 1. The molecule has 1 aromatic heterocycles. The lowest BCUT2D eigenvalue weighted by molar-refractivity contribution is 0.102. The average molecular weight is 306 g/mol. The Morgan fingerprint density at radius 2 is 2.05 bits per heavy atom. The highest BCUT2D eigenvalue weighted by Crippen LogP contribution is 2.26. The van der Waals surface area contributed by atoms with Gasteiger partial charge in [-0.2, -0.15) is 0 Å². The topological polar surface area (TPSA) is 63.2 Å². The number of aromatic nitrogens is 1. The van der Waals surface area contributed by atoms with Crippen LogP contribution in [0.5, 0.6) is 5.75 Å². The molecule has 0 radical (unpaired) electrons. The fourth-order valence-corrected chi connectivity index (χ4v) is 2.03. The molecule has 21 heavy (non-hydrogen) atoms. The van der Waals surface area contributed by atoms with E-state index in [1.165, 1.54) is 0 Å². The summed E-state index contributed by atoms with van der Waals surface area (Å²) in [7, 11) is 3.27. The van der Waals surface area contributed by atoms with Crippen LogP contribution in [0, 0.1) is 6.92 Å². The highest BCUT2D eigenvalue weighted by Gasteiger charge is 2.15. The predicted molar refractivity (Wildman–Crippen MR) is 84.5 cm³/mol. The van der Waals surface area contributed by atoms with Crippen LogP contribution in [0.2, 0.25) is 5.02 Å². The summed E-state index contributed by atoms with van der Waals surface area (Å²) in [6.07, 6.45) is 0. The van der Waals surface area contributed by atoms with Crippen LogP contribution in [0.4, 0.5) is 11.5 Å². The Morgan fingerprint density at radius 1 is 1.29 bits per heavy atom. The molecule has 1 heterocycles. The number of benzene rings is 1. The van der Waals surface area contributed by atoms with Gasteiger partial charge in [-0.1, -0.05) is 17.7 Å². The molecule has 1 aromatic carbocycles. The number of anilines is 2. The summed E-state index contributed by atoms with van der Waals surface area (Å²) in [5, 5.41) is 5.93. The van der Waals surface area contributed by atoms with Crippen molar-refractivity contribution in [1.29, 1.82) is 0 Å². The van der Waals surface area contributed by atoms with Gasteiger partial charge >= 0.3 is 0 Å². The molecular weight excluding hydrogens is 290 g/mol. The number of aryl methyl sites for hydroxylation is 1.